The summed E-state index contributed by atoms with van der Waals surface area (Å²) in [5.41, 5.74) is 1.73. The van der Waals surface area contributed by atoms with Crippen molar-refractivity contribution in [2.24, 2.45) is 0 Å². The predicted octanol–water partition coefficient (Wildman–Crippen LogP) is 5.27. The molecule has 1 amide bonds. The molecule has 7 heteroatoms. The Morgan fingerprint density at radius 1 is 1.00 bits per heavy atom. The Morgan fingerprint density at radius 2 is 1.80 bits per heavy atom. The van der Waals surface area contributed by atoms with E-state index in [4.69, 9.17) is 23.2 Å². The van der Waals surface area contributed by atoms with Crippen LogP contribution in [0.1, 0.15) is 27.3 Å². The highest BCUT2D eigenvalue weighted by molar-refractivity contribution is 7.15. The highest BCUT2D eigenvalue weighted by Crippen LogP contribution is 2.24. The van der Waals surface area contributed by atoms with E-state index in [1.165, 1.54) is 23.0 Å². The molecule has 0 unspecified atom stereocenters. The van der Waals surface area contributed by atoms with Crippen molar-refractivity contribution in [2.75, 3.05) is 5.32 Å². The molecule has 2 aromatic carbocycles. The van der Waals surface area contributed by atoms with E-state index < -0.39 is 0 Å². The summed E-state index contributed by atoms with van der Waals surface area (Å²) < 4.78 is 0. The summed E-state index contributed by atoms with van der Waals surface area (Å²) in [5, 5.41) is 13.0. The Bertz CT molecular complexity index is 868. The minimum Gasteiger partial charge on any atom is -0.296 e. The van der Waals surface area contributed by atoms with Gasteiger partial charge in [-0.25, -0.2) is 0 Å². The van der Waals surface area contributed by atoms with Gasteiger partial charge >= 0.3 is 0 Å². The molecule has 4 nitrogen and oxygen atoms in total. The minimum atomic E-state index is -0.287. The second-order valence-electron chi connectivity index (χ2n) is 5.42. The van der Waals surface area contributed by atoms with Crippen LogP contribution in [-0.2, 0) is 12.8 Å². The van der Waals surface area contributed by atoms with Gasteiger partial charge in [0.15, 0.2) is 0 Å². The number of anilines is 1. The molecule has 1 N–H and O–H groups in total. The Kier molecular flexibility index (Phi) is 6.02. The molecule has 0 aliphatic heterocycles. The van der Waals surface area contributed by atoms with Gasteiger partial charge in [-0.1, -0.05) is 64.9 Å². The summed E-state index contributed by atoms with van der Waals surface area (Å²) in [7, 11) is 0. The van der Waals surface area contributed by atoms with E-state index in [0.29, 0.717) is 20.7 Å². The summed E-state index contributed by atoms with van der Waals surface area (Å²) in [6.45, 7) is 0. The fraction of sp³-hybridized carbons (Fsp3) is 0.167. The van der Waals surface area contributed by atoms with Crippen LogP contribution in [-0.4, -0.2) is 16.1 Å². The molecule has 0 spiro atoms. The fourth-order valence-electron chi connectivity index (χ4n) is 2.30. The molecule has 0 saturated carbocycles. The van der Waals surface area contributed by atoms with Gasteiger partial charge in [-0.15, -0.1) is 10.2 Å². The number of aromatic nitrogens is 2. The normalized spacial score (nSPS) is 10.6. The van der Waals surface area contributed by atoms with Crippen LogP contribution in [0.15, 0.2) is 48.5 Å². The maximum absolute atomic E-state index is 12.2. The van der Waals surface area contributed by atoms with Gasteiger partial charge in [0.2, 0.25) is 5.13 Å². The Morgan fingerprint density at radius 3 is 2.56 bits per heavy atom. The van der Waals surface area contributed by atoms with Crippen LogP contribution in [0.5, 0.6) is 0 Å². The Hall–Kier alpha value is -1.95. The van der Waals surface area contributed by atoms with Gasteiger partial charge in [0.1, 0.15) is 5.01 Å². The van der Waals surface area contributed by atoms with Crippen molar-refractivity contribution in [2.45, 2.75) is 19.3 Å². The zero-order valence-electron chi connectivity index (χ0n) is 13.2. The van der Waals surface area contributed by atoms with Crippen LogP contribution in [0.2, 0.25) is 10.0 Å². The maximum atomic E-state index is 12.2. The van der Waals surface area contributed by atoms with Gasteiger partial charge in [0.25, 0.3) is 5.91 Å². The van der Waals surface area contributed by atoms with E-state index in [9.17, 15) is 4.79 Å². The van der Waals surface area contributed by atoms with Crippen molar-refractivity contribution in [3.8, 4) is 0 Å². The number of halogens is 2. The molecular formula is C18H15Cl2N3OS. The van der Waals surface area contributed by atoms with Gasteiger partial charge in [-0.05, 0) is 36.6 Å². The third-order valence-corrected chi connectivity index (χ3v) is 5.21. The summed E-state index contributed by atoms with van der Waals surface area (Å²) in [6, 6.07) is 15.1. The second-order valence-corrected chi connectivity index (χ2v) is 7.30. The van der Waals surface area contributed by atoms with Crippen molar-refractivity contribution in [3.63, 3.8) is 0 Å². The lowest BCUT2D eigenvalue weighted by atomic mass is 10.1. The molecule has 0 atom stereocenters. The summed E-state index contributed by atoms with van der Waals surface area (Å²) in [4.78, 5) is 12.2. The molecule has 3 aromatic rings. The summed E-state index contributed by atoms with van der Waals surface area (Å²) in [6.07, 6.45) is 2.81. The van der Waals surface area contributed by atoms with Crippen LogP contribution in [0.3, 0.4) is 0 Å². The molecule has 0 aliphatic carbocycles. The molecular weight excluding hydrogens is 377 g/mol. The predicted molar refractivity (Wildman–Crippen MR) is 103 cm³/mol. The summed E-state index contributed by atoms with van der Waals surface area (Å²) in [5.74, 6) is -0.287. The molecule has 25 heavy (non-hydrogen) atoms. The van der Waals surface area contributed by atoms with Crippen molar-refractivity contribution >= 4 is 45.6 Å². The van der Waals surface area contributed by atoms with E-state index in [1.54, 1.807) is 12.1 Å². The number of carbonyl (C=O) groups is 1. The first kappa shape index (κ1) is 17.9. The fourth-order valence-corrected chi connectivity index (χ4v) is 3.37. The smallest absolute Gasteiger partial charge is 0.257 e. The van der Waals surface area contributed by atoms with E-state index in [1.807, 2.05) is 18.2 Å². The van der Waals surface area contributed by atoms with E-state index in [2.05, 4.69) is 27.6 Å². The number of rotatable bonds is 6. The lowest BCUT2D eigenvalue weighted by Gasteiger charge is -2.02. The van der Waals surface area contributed by atoms with E-state index in [-0.39, 0.29) is 5.91 Å². The number of nitrogens with zero attached hydrogens (tertiary/aromatic N) is 2. The second kappa shape index (κ2) is 8.43. The molecule has 0 fully saturated rings. The Balaban J connectivity index is 1.54. The van der Waals surface area contributed by atoms with Gasteiger partial charge in [-0.3, -0.25) is 10.1 Å². The molecule has 0 saturated heterocycles. The average Bonchev–Trinajstić information content (AvgIpc) is 3.05. The number of amides is 1. The third-order valence-electron chi connectivity index (χ3n) is 3.57. The van der Waals surface area contributed by atoms with Crippen LogP contribution in [0.4, 0.5) is 5.13 Å². The van der Waals surface area contributed by atoms with Crippen molar-refractivity contribution in [1.29, 1.82) is 0 Å². The molecule has 0 aliphatic rings. The topological polar surface area (TPSA) is 54.9 Å². The van der Waals surface area contributed by atoms with E-state index in [0.717, 1.165) is 24.3 Å². The number of carbonyl (C=O) groups excluding carboxylic acids is 1. The van der Waals surface area contributed by atoms with Crippen LogP contribution < -0.4 is 5.32 Å². The van der Waals surface area contributed by atoms with Crippen LogP contribution >= 0.6 is 34.5 Å². The quantitative estimate of drug-likeness (QED) is 0.622. The first-order chi connectivity index (χ1) is 12.1. The zero-order chi connectivity index (χ0) is 17.6. The number of nitrogens with one attached hydrogen (secondary N) is 1. The van der Waals surface area contributed by atoms with Crippen molar-refractivity contribution in [1.82, 2.24) is 10.2 Å². The monoisotopic (exact) mass is 391 g/mol. The molecule has 0 bridgehead atoms. The van der Waals surface area contributed by atoms with Gasteiger partial charge in [0, 0.05) is 12.0 Å². The number of benzene rings is 2. The van der Waals surface area contributed by atoms with Gasteiger partial charge in [-0.2, -0.15) is 0 Å². The highest BCUT2D eigenvalue weighted by Gasteiger charge is 2.11. The first-order valence-corrected chi connectivity index (χ1v) is 9.32. The molecule has 128 valence electrons. The van der Waals surface area contributed by atoms with Gasteiger partial charge < -0.3 is 0 Å². The number of hydrogen-bond acceptors (Lipinski definition) is 4. The lowest BCUT2D eigenvalue weighted by Crippen LogP contribution is -2.11. The zero-order valence-corrected chi connectivity index (χ0v) is 15.5. The van der Waals surface area contributed by atoms with Crippen LogP contribution in [0.25, 0.3) is 0 Å². The SMILES string of the molecule is O=C(Nc1nnc(CCCc2ccccc2)s1)c1ccc(Cl)c(Cl)c1. The van der Waals surface area contributed by atoms with E-state index >= 15 is 0 Å². The molecule has 1 aromatic heterocycles. The number of hydrogen-bond donors (Lipinski definition) is 1. The third kappa shape index (κ3) is 5.01. The largest absolute Gasteiger partial charge is 0.296 e. The maximum Gasteiger partial charge on any atom is 0.257 e. The van der Waals surface area contributed by atoms with Crippen LogP contribution in [0, 0.1) is 0 Å². The average molecular weight is 392 g/mol. The lowest BCUT2D eigenvalue weighted by molar-refractivity contribution is 0.102. The highest BCUT2D eigenvalue weighted by atomic mass is 35.5. The summed E-state index contributed by atoms with van der Waals surface area (Å²) >= 11 is 13.2. The molecule has 0 radical (unpaired) electrons. The number of aryl methyl sites for hydroxylation is 2. The molecule has 1 heterocycles. The first-order valence-electron chi connectivity index (χ1n) is 7.74. The van der Waals surface area contributed by atoms with Crippen molar-refractivity contribution in [3.05, 3.63) is 74.7 Å². The minimum absolute atomic E-state index is 0.287. The Labute approximate surface area is 159 Å². The molecule has 3 rings (SSSR count). The van der Waals surface area contributed by atoms with Gasteiger partial charge in [0.05, 0.1) is 10.0 Å². The standard InChI is InChI=1S/C18H15Cl2N3OS/c19-14-10-9-13(11-15(14)20)17(24)21-18-23-22-16(25-18)8-4-7-12-5-2-1-3-6-12/h1-3,5-6,9-11H,4,7-8H2,(H,21,23,24). The van der Waals surface area contributed by atoms with Crippen molar-refractivity contribution < 1.29 is 4.79 Å².